The van der Waals surface area contributed by atoms with Crippen molar-refractivity contribution in [3.8, 4) is 23.3 Å². The Balaban J connectivity index is 1.55. The van der Waals surface area contributed by atoms with Crippen molar-refractivity contribution < 1.29 is 19.0 Å². The Morgan fingerprint density at radius 2 is 1.79 bits per heavy atom. The maximum atomic E-state index is 12.5. The normalized spacial score (nSPS) is 11.1. The zero-order chi connectivity index (χ0) is 24.3. The predicted octanol–water partition coefficient (Wildman–Crippen LogP) is 4.75. The molecule has 2 aromatic carbocycles. The second-order valence-corrected chi connectivity index (χ2v) is 8.73. The maximum absolute atomic E-state index is 12.5. The number of amides is 1. The molecule has 0 radical (unpaired) electrons. The summed E-state index contributed by atoms with van der Waals surface area (Å²) in [5.41, 5.74) is 0.624. The molecule has 1 N–H and O–H groups in total. The molecule has 0 saturated carbocycles. The highest BCUT2D eigenvalue weighted by atomic mass is 32.1. The van der Waals surface area contributed by atoms with E-state index in [4.69, 9.17) is 14.2 Å². The lowest BCUT2D eigenvalue weighted by atomic mass is 10.1. The average molecular weight is 479 g/mol. The first-order valence-electron chi connectivity index (χ1n) is 10.7. The molecular formula is C25H26N4O4S. The van der Waals surface area contributed by atoms with E-state index in [0.29, 0.717) is 35.6 Å². The molecule has 8 nitrogen and oxygen atoms in total. The fourth-order valence-electron chi connectivity index (χ4n) is 2.90. The minimum Gasteiger partial charge on any atom is -0.497 e. The second kappa shape index (κ2) is 12.4. The van der Waals surface area contributed by atoms with Crippen molar-refractivity contribution in [2.45, 2.75) is 20.3 Å². The van der Waals surface area contributed by atoms with Gasteiger partial charge in [0.15, 0.2) is 0 Å². The molecule has 1 heterocycles. The largest absolute Gasteiger partial charge is 0.497 e. The average Bonchev–Trinajstić information content (AvgIpc) is 3.26. The summed E-state index contributed by atoms with van der Waals surface area (Å²) in [4.78, 5) is 12.5. The van der Waals surface area contributed by atoms with E-state index >= 15 is 0 Å². The third-order valence-corrected chi connectivity index (χ3v) is 5.35. The SMILES string of the molecule is COc1ccc(OCCOc2cccc(C=C(C#N)C(=O)Nc3nnc(CC(C)C)s3)c2)cc1. The molecule has 1 amide bonds. The number of ether oxygens (including phenoxy) is 3. The van der Waals surface area contributed by atoms with Gasteiger partial charge in [0.1, 0.15) is 47.1 Å². The van der Waals surface area contributed by atoms with Crippen molar-refractivity contribution in [3.63, 3.8) is 0 Å². The molecular weight excluding hydrogens is 452 g/mol. The summed E-state index contributed by atoms with van der Waals surface area (Å²) in [6.07, 6.45) is 2.29. The number of benzene rings is 2. The summed E-state index contributed by atoms with van der Waals surface area (Å²) in [5.74, 6) is 1.99. The topological polar surface area (TPSA) is 106 Å². The molecule has 0 atom stereocenters. The van der Waals surface area contributed by atoms with Crippen LogP contribution in [0.2, 0.25) is 0 Å². The molecule has 9 heteroatoms. The summed E-state index contributed by atoms with van der Waals surface area (Å²) in [7, 11) is 1.61. The molecule has 1 aromatic heterocycles. The molecule has 0 fully saturated rings. The van der Waals surface area contributed by atoms with Crippen LogP contribution in [0.15, 0.2) is 54.1 Å². The Morgan fingerprint density at radius 3 is 2.47 bits per heavy atom. The molecule has 0 aliphatic heterocycles. The number of anilines is 1. The zero-order valence-corrected chi connectivity index (χ0v) is 20.1. The van der Waals surface area contributed by atoms with Gasteiger partial charge in [0, 0.05) is 6.42 Å². The van der Waals surface area contributed by atoms with Crippen LogP contribution in [0.5, 0.6) is 17.2 Å². The molecule has 0 bridgehead atoms. The van der Waals surface area contributed by atoms with Crippen LogP contribution >= 0.6 is 11.3 Å². The number of nitrogens with one attached hydrogen (secondary N) is 1. The van der Waals surface area contributed by atoms with Crippen molar-refractivity contribution >= 4 is 28.5 Å². The van der Waals surface area contributed by atoms with Crippen molar-refractivity contribution in [3.05, 3.63) is 64.7 Å². The Bertz CT molecular complexity index is 1170. The van der Waals surface area contributed by atoms with Crippen LogP contribution in [0.25, 0.3) is 6.08 Å². The number of rotatable bonds is 11. The van der Waals surface area contributed by atoms with Gasteiger partial charge in [0.05, 0.1) is 7.11 Å². The number of aromatic nitrogens is 2. The van der Waals surface area contributed by atoms with E-state index < -0.39 is 5.91 Å². The Kier molecular flexibility index (Phi) is 9.00. The summed E-state index contributed by atoms with van der Waals surface area (Å²) in [5, 5.41) is 21.4. The van der Waals surface area contributed by atoms with Crippen LogP contribution in [0.4, 0.5) is 5.13 Å². The van der Waals surface area contributed by atoms with Crippen LogP contribution in [-0.4, -0.2) is 36.4 Å². The molecule has 3 rings (SSSR count). The number of carbonyl (C=O) groups excluding carboxylic acids is 1. The molecule has 176 valence electrons. The first kappa shape index (κ1) is 24.7. The first-order valence-corrected chi connectivity index (χ1v) is 11.5. The number of hydrogen-bond donors (Lipinski definition) is 1. The quantitative estimate of drug-likeness (QED) is 0.241. The lowest BCUT2D eigenvalue weighted by molar-refractivity contribution is -0.112. The monoisotopic (exact) mass is 478 g/mol. The van der Waals surface area contributed by atoms with Crippen LogP contribution < -0.4 is 19.5 Å². The maximum Gasteiger partial charge on any atom is 0.268 e. The van der Waals surface area contributed by atoms with Crippen molar-refractivity contribution in [1.82, 2.24) is 10.2 Å². The lowest BCUT2D eigenvalue weighted by Gasteiger charge is -2.09. The van der Waals surface area contributed by atoms with E-state index in [2.05, 4.69) is 29.4 Å². The van der Waals surface area contributed by atoms with Gasteiger partial charge in [-0.25, -0.2) is 0 Å². The number of carbonyl (C=O) groups is 1. The smallest absolute Gasteiger partial charge is 0.268 e. The van der Waals surface area contributed by atoms with Gasteiger partial charge in [-0.2, -0.15) is 5.26 Å². The predicted molar refractivity (Wildman–Crippen MR) is 131 cm³/mol. The van der Waals surface area contributed by atoms with E-state index in [-0.39, 0.29) is 5.57 Å². The van der Waals surface area contributed by atoms with Crippen LogP contribution in [0.3, 0.4) is 0 Å². The van der Waals surface area contributed by atoms with Gasteiger partial charge in [0.2, 0.25) is 5.13 Å². The van der Waals surface area contributed by atoms with Gasteiger partial charge >= 0.3 is 0 Å². The van der Waals surface area contributed by atoms with Gasteiger partial charge in [-0.1, -0.05) is 37.3 Å². The third kappa shape index (κ3) is 7.60. The van der Waals surface area contributed by atoms with Gasteiger partial charge in [-0.05, 0) is 54.0 Å². The Hall–Kier alpha value is -3.90. The van der Waals surface area contributed by atoms with Gasteiger partial charge in [0.25, 0.3) is 5.91 Å². The van der Waals surface area contributed by atoms with E-state index in [1.807, 2.05) is 30.3 Å². The van der Waals surface area contributed by atoms with Crippen LogP contribution in [0.1, 0.15) is 24.4 Å². The molecule has 0 unspecified atom stereocenters. The third-order valence-electron chi connectivity index (χ3n) is 4.48. The van der Waals surface area contributed by atoms with E-state index in [9.17, 15) is 10.1 Å². The summed E-state index contributed by atoms with van der Waals surface area (Å²) in [6, 6.07) is 16.4. The van der Waals surface area contributed by atoms with Crippen LogP contribution in [-0.2, 0) is 11.2 Å². The summed E-state index contributed by atoms with van der Waals surface area (Å²) in [6.45, 7) is 4.86. The minimum atomic E-state index is -0.533. The Labute approximate surface area is 202 Å². The van der Waals surface area contributed by atoms with Crippen molar-refractivity contribution in [2.75, 3.05) is 25.6 Å². The number of methoxy groups -OCH3 is 1. The number of nitriles is 1. The van der Waals surface area contributed by atoms with Crippen molar-refractivity contribution in [2.24, 2.45) is 5.92 Å². The first-order chi connectivity index (χ1) is 16.5. The lowest BCUT2D eigenvalue weighted by Crippen LogP contribution is -2.13. The van der Waals surface area contributed by atoms with Crippen molar-refractivity contribution in [1.29, 1.82) is 5.26 Å². The number of nitrogens with zero attached hydrogens (tertiary/aromatic N) is 3. The summed E-state index contributed by atoms with van der Waals surface area (Å²) >= 11 is 1.31. The minimum absolute atomic E-state index is 0.0411. The van der Waals surface area contributed by atoms with Gasteiger partial charge in [-0.3, -0.25) is 10.1 Å². The van der Waals surface area contributed by atoms with Gasteiger partial charge < -0.3 is 14.2 Å². The Morgan fingerprint density at radius 1 is 1.09 bits per heavy atom. The molecule has 34 heavy (non-hydrogen) atoms. The molecule has 0 spiro atoms. The molecule has 3 aromatic rings. The summed E-state index contributed by atoms with van der Waals surface area (Å²) < 4.78 is 16.5. The zero-order valence-electron chi connectivity index (χ0n) is 19.3. The van der Waals surface area contributed by atoms with Crippen LogP contribution in [0, 0.1) is 17.2 Å². The highest BCUT2D eigenvalue weighted by Gasteiger charge is 2.13. The van der Waals surface area contributed by atoms with E-state index in [1.54, 1.807) is 31.4 Å². The fraction of sp³-hybridized carbons (Fsp3) is 0.280. The highest BCUT2D eigenvalue weighted by Crippen LogP contribution is 2.21. The number of hydrogen-bond acceptors (Lipinski definition) is 8. The fourth-order valence-corrected chi connectivity index (χ4v) is 3.85. The second-order valence-electron chi connectivity index (χ2n) is 7.67. The molecule has 0 aliphatic rings. The highest BCUT2D eigenvalue weighted by molar-refractivity contribution is 7.15. The molecule has 0 aliphatic carbocycles. The standard InChI is InChI=1S/C25H26N4O4S/c1-17(2)13-23-28-29-25(34-23)27-24(30)19(16-26)14-18-5-4-6-22(15-18)33-12-11-32-21-9-7-20(31-3)8-10-21/h4-10,14-15,17H,11-13H2,1-3H3,(H,27,29,30). The van der Waals surface area contributed by atoms with Gasteiger partial charge in [-0.15, -0.1) is 10.2 Å². The molecule has 0 saturated heterocycles. The van der Waals surface area contributed by atoms with E-state index in [1.165, 1.54) is 17.4 Å². The van der Waals surface area contributed by atoms with E-state index in [0.717, 1.165) is 22.9 Å².